The summed E-state index contributed by atoms with van der Waals surface area (Å²) < 4.78 is 27.4. The molecule has 8 heteroatoms. The Bertz CT molecular complexity index is 455. The lowest BCUT2D eigenvalue weighted by Crippen LogP contribution is -2.42. The zero-order valence-electron chi connectivity index (χ0n) is 8.98. The summed E-state index contributed by atoms with van der Waals surface area (Å²) in [4.78, 5) is 0. The van der Waals surface area contributed by atoms with Crippen molar-refractivity contribution >= 4 is 45.4 Å². The van der Waals surface area contributed by atoms with E-state index in [2.05, 4.69) is 10.0 Å². The Morgan fingerprint density at radius 3 is 2.53 bits per heavy atom. The summed E-state index contributed by atoms with van der Waals surface area (Å²) in [7, 11) is -3.38. The average molecular weight is 317 g/mol. The van der Waals surface area contributed by atoms with E-state index in [0.717, 1.165) is 37.3 Å². The summed E-state index contributed by atoms with van der Waals surface area (Å²) in [5, 5.41) is 3.19. The smallest absolute Gasteiger partial charge is 0.250 e. The van der Waals surface area contributed by atoms with Crippen LogP contribution in [0.2, 0.25) is 4.34 Å². The molecule has 0 unspecified atom stereocenters. The van der Waals surface area contributed by atoms with Crippen molar-refractivity contribution in [1.29, 1.82) is 0 Å². The second-order valence-corrected chi connectivity index (χ2v) is 7.36. The number of nitrogens with one attached hydrogen (secondary N) is 2. The van der Waals surface area contributed by atoms with E-state index in [1.807, 2.05) is 0 Å². The summed E-state index contributed by atoms with van der Waals surface area (Å²) in [5.74, 6) is 0. The zero-order chi connectivity index (χ0) is 11.6. The monoisotopic (exact) mass is 316 g/mol. The van der Waals surface area contributed by atoms with Crippen molar-refractivity contribution in [2.45, 2.75) is 23.1 Å². The van der Waals surface area contributed by atoms with Gasteiger partial charge in [0.1, 0.15) is 4.21 Å². The second kappa shape index (κ2) is 6.36. The van der Waals surface area contributed by atoms with Gasteiger partial charge in [0.25, 0.3) is 0 Å². The first-order valence-electron chi connectivity index (χ1n) is 5.06. The molecule has 0 spiro atoms. The fraction of sp³-hybridized carbons (Fsp3) is 0.556. The van der Waals surface area contributed by atoms with Gasteiger partial charge in [-0.1, -0.05) is 11.6 Å². The normalized spacial score (nSPS) is 17.7. The van der Waals surface area contributed by atoms with E-state index >= 15 is 0 Å². The highest BCUT2D eigenvalue weighted by atomic mass is 35.5. The molecule has 1 aliphatic heterocycles. The molecule has 0 radical (unpaired) electrons. The minimum atomic E-state index is -3.38. The van der Waals surface area contributed by atoms with Gasteiger partial charge in [0.05, 0.1) is 4.34 Å². The average Bonchev–Trinajstić information content (AvgIpc) is 2.66. The van der Waals surface area contributed by atoms with Crippen LogP contribution in [0.5, 0.6) is 0 Å². The van der Waals surface area contributed by atoms with E-state index in [4.69, 9.17) is 11.6 Å². The van der Waals surface area contributed by atoms with Gasteiger partial charge < -0.3 is 5.32 Å². The lowest BCUT2D eigenvalue weighted by molar-refractivity contribution is 0.427. The number of thiophene rings is 1. The number of rotatable bonds is 3. The van der Waals surface area contributed by atoms with Gasteiger partial charge >= 0.3 is 0 Å². The predicted octanol–water partition coefficient (Wildman–Crippen LogP) is 1.85. The van der Waals surface area contributed by atoms with Crippen LogP contribution in [0, 0.1) is 0 Å². The van der Waals surface area contributed by atoms with Gasteiger partial charge in [-0.25, -0.2) is 13.1 Å². The highest BCUT2D eigenvalue weighted by Gasteiger charge is 2.22. The summed E-state index contributed by atoms with van der Waals surface area (Å²) >= 11 is 6.81. The molecular formula is C9H14Cl2N2O2S2. The molecule has 4 nitrogen and oxygen atoms in total. The lowest BCUT2D eigenvalue weighted by atomic mass is 10.1. The lowest BCUT2D eigenvalue weighted by Gasteiger charge is -2.23. The Morgan fingerprint density at radius 1 is 1.35 bits per heavy atom. The van der Waals surface area contributed by atoms with Gasteiger partial charge in [0.2, 0.25) is 10.0 Å². The molecular weight excluding hydrogens is 303 g/mol. The van der Waals surface area contributed by atoms with E-state index in [1.165, 1.54) is 6.07 Å². The predicted molar refractivity (Wildman–Crippen MR) is 72.8 cm³/mol. The fourth-order valence-electron chi connectivity index (χ4n) is 1.66. The van der Waals surface area contributed by atoms with Gasteiger partial charge in [-0.15, -0.1) is 23.7 Å². The van der Waals surface area contributed by atoms with Crippen LogP contribution in [0.4, 0.5) is 0 Å². The van der Waals surface area contributed by atoms with Crippen molar-refractivity contribution < 1.29 is 8.42 Å². The molecule has 1 aromatic rings. The van der Waals surface area contributed by atoms with Crippen LogP contribution in [0.25, 0.3) is 0 Å². The second-order valence-electron chi connectivity index (χ2n) is 3.70. The highest BCUT2D eigenvalue weighted by molar-refractivity contribution is 7.91. The van der Waals surface area contributed by atoms with Gasteiger partial charge in [-0.3, -0.25) is 0 Å². The Balaban J connectivity index is 0.00000144. The Kier molecular flexibility index (Phi) is 5.69. The molecule has 1 fully saturated rings. The highest BCUT2D eigenvalue weighted by Crippen LogP contribution is 2.25. The van der Waals surface area contributed by atoms with Crippen LogP contribution in [0.1, 0.15) is 12.8 Å². The van der Waals surface area contributed by atoms with E-state index in [0.29, 0.717) is 4.34 Å². The number of piperidine rings is 1. The van der Waals surface area contributed by atoms with Gasteiger partial charge in [-0.2, -0.15) is 0 Å². The summed E-state index contributed by atoms with van der Waals surface area (Å²) in [5.41, 5.74) is 0. The third-order valence-electron chi connectivity index (χ3n) is 2.47. The molecule has 98 valence electrons. The van der Waals surface area contributed by atoms with E-state index in [-0.39, 0.29) is 22.7 Å². The maximum atomic E-state index is 11.9. The maximum absolute atomic E-state index is 11.9. The Labute approximate surface area is 116 Å². The van der Waals surface area contributed by atoms with Crippen molar-refractivity contribution in [3.63, 3.8) is 0 Å². The van der Waals surface area contributed by atoms with Crippen molar-refractivity contribution in [3.05, 3.63) is 16.5 Å². The topological polar surface area (TPSA) is 58.2 Å². The van der Waals surface area contributed by atoms with Crippen LogP contribution >= 0.6 is 35.3 Å². The first-order chi connectivity index (χ1) is 7.58. The SMILES string of the molecule is Cl.O=S(=O)(NC1CCNCC1)c1ccc(Cl)s1. The van der Waals surface area contributed by atoms with Crippen molar-refractivity contribution in [3.8, 4) is 0 Å². The summed E-state index contributed by atoms with van der Waals surface area (Å²) in [6.45, 7) is 1.72. The number of hydrogen-bond acceptors (Lipinski definition) is 4. The molecule has 17 heavy (non-hydrogen) atoms. The molecule has 1 aromatic heterocycles. The van der Waals surface area contributed by atoms with Gasteiger partial charge in [0.15, 0.2) is 0 Å². The van der Waals surface area contributed by atoms with E-state index < -0.39 is 10.0 Å². The Morgan fingerprint density at radius 2 is 2.00 bits per heavy atom. The van der Waals surface area contributed by atoms with Gasteiger partial charge in [0, 0.05) is 6.04 Å². The van der Waals surface area contributed by atoms with Crippen molar-refractivity contribution in [2.75, 3.05) is 13.1 Å². The third-order valence-corrected chi connectivity index (χ3v) is 5.72. The number of halogens is 2. The number of hydrogen-bond donors (Lipinski definition) is 2. The van der Waals surface area contributed by atoms with Crippen LogP contribution in [0.3, 0.4) is 0 Å². The minimum absolute atomic E-state index is 0. The zero-order valence-corrected chi connectivity index (χ0v) is 12.2. The minimum Gasteiger partial charge on any atom is -0.317 e. The molecule has 0 bridgehead atoms. The molecule has 1 aliphatic rings. The van der Waals surface area contributed by atoms with Crippen LogP contribution < -0.4 is 10.0 Å². The molecule has 2 heterocycles. The first kappa shape index (κ1) is 15.2. The summed E-state index contributed by atoms with van der Waals surface area (Å²) in [6.07, 6.45) is 1.66. The quantitative estimate of drug-likeness (QED) is 0.894. The number of sulfonamides is 1. The largest absolute Gasteiger partial charge is 0.317 e. The summed E-state index contributed by atoms with van der Waals surface area (Å²) in [6, 6.07) is 3.17. The molecule has 0 atom stereocenters. The maximum Gasteiger partial charge on any atom is 0.250 e. The molecule has 2 N–H and O–H groups in total. The van der Waals surface area contributed by atoms with E-state index in [1.54, 1.807) is 6.07 Å². The van der Waals surface area contributed by atoms with E-state index in [9.17, 15) is 8.42 Å². The molecule has 0 aliphatic carbocycles. The third kappa shape index (κ3) is 4.08. The molecule has 0 amide bonds. The van der Waals surface area contributed by atoms with Gasteiger partial charge in [-0.05, 0) is 38.1 Å². The molecule has 0 aromatic carbocycles. The Hall–Kier alpha value is 0.150. The molecule has 1 saturated heterocycles. The fourth-order valence-corrected chi connectivity index (χ4v) is 4.46. The van der Waals surface area contributed by atoms with Crippen LogP contribution in [-0.2, 0) is 10.0 Å². The van der Waals surface area contributed by atoms with Crippen molar-refractivity contribution in [1.82, 2.24) is 10.0 Å². The van der Waals surface area contributed by atoms with Crippen molar-refractivity contribution in [2.24, 2.45) is 0 Å². The van der Waals surface area contributed by atoms with Crippen LogP contribution in [-0.4, -0.2) is 27.5 Å². The molecule has 0 saturated carbocycles. The first-order valence-corrected chi connectivity index (χ1v) is 7.74. The molecule has 2 rings (SSSR count). The standard InChI is InChI=1S/C9H13ClN2O2S2.ClH/c10-8-1-2-9(15-8)16(13,14)12-7-3-5-11-6-4-7;/h1-2,7,11-12H,3-6H2;1H. The van der Waals surface area contributed by atoms with Crippen LogP contribution in [0.15, 0.2) is 16.3 Å².